The van der Waals surface area contributed by atoms with Crippen LogP contribution in [0.1, 0.15) is 6.42 Å². The maximum Gasteiger partial charge on any atom is 0.288 e. The Hall–Kier alpha value is -2.93. The van der Waals surface area contributed by atoms with Crippen LogP contribution in [0.3, 0.4) is 0 Å². The van der Waals surface area contributed by atoms with Crippen molar-refractivity contribution in [1.29, 1.82) is 0 Å². The van der Waals surface area contributed by atoms with Crippen molar-refractivity contribution in [2.45, 2.75) is 23.1 Å². The highest BCUT2D eigenvalue weighted by molar-refractivity contribution is 7.99. The number of nitrogens with zero attached hydrogens (tertiary/aromatic N) is 1. The van der Waals surface area contributed by atoms with Crippen LogP contribution in [-0.2, 0) is 9.59 Å². The molecule has 0 radical (unpaired) electrons. The van der Waals surface area contributed by atoms with E-state index >= 15 is 0 Å². The standard InChI is InChI=1S/C21H16F2N2O2S/c22-21(23)28-17-9-7-16(8-10-17)25-19(26)12-18(20(25)27)24-15-6-5-13-3-1-2-4-14(13)11-15/h1-11,18,21,24H,12H2/t18-/m0/s1. The summed E-state index contributed by atoms with van der Waals surface area (Å²) in [5, 5.41) is 5.26. The lowest BCUT2D eigenvalue weighted by Gasteiger charge is -2.16. The van der Waals surface area contributed by atoms with Crippen molar-refractivity contribution in [1.82, 2.24) is 0 Å². The molecule has 3 aromatic carbocycles. The van der Waals surface area contributed by atoms with Crippen LogP contribution in [0, 0.1) is 0 Å². The number of benzene rings is 3. The highest BCUT2D eigenvalue weighted by atomic mass is 32.2. The third kappa shape index (κ3) is 3.71. The molecule has 7 heteroatoms. The third-order valence-corrected chi connectivity index (χ3v) is 5.28. The first-order valence-electron chi connectivity index (χ1n) is 8.68. The summed E-state index contributed by atoms with van der Waals surface area (Å²) in [6.45, 7) is 0. The number of hydrogen-bond donors (Lipinski definition) is 1. The number of anilines is 2. The van der Waals surface area contributed by atoms with Crippen molar-refractivity contribution < 1.29 is 18.4 Å². The minimum atomic E-state index is -2.52. The van der Waals surface area contributed by atoms with Gasteiger partial charge >= 0.3 is 0 Å². The normalized spacial score (nSPS) is 17.0. The lowest BCUT2D eigenvalue weighted by Crippen LogP contribution is -2.34. The maximum absolute atomic E-state index is 12.8. The van der Waals surface area contributed by atoms with Crippen LogP contribution in [0.25, 0.3) is 10.8 Å². The Balaban J connectivity index is 1.51. The molecular weight excluding hydrogens is 382 g/mol. The zero-order chi connectivity index (χ0) is 19.7. The van der Waals surface area contributed by atoms with Gasteiger partial charge in [0, 0.05) is 10.6 Å². The van der Waals surface area contributed by atoms with Crippen LogP contribution in [-0.4, -0.2) is 23.6 Å². The smallest absolute Gasteiger partial charge is 0.288 e. The first-order chi connectivity index (χ1) is 13.5. The maximum atomic E-state index is 12.8. The Morgan fingerprint density at radius 2 is 1.68 bits per heavy atom. The van der Waals surface area contributed by atoms with E-state index in [1.165, 1.54) is 24.3 Å². The summed E-state index contributed by atoms with van der Waals surface area (Å²) in [5.41, 5.74) is 1.15. The van der Waals surface area contributed by atoms with Crippen molar-refractivity contribution >= 4 is 45.7 Å². The molecule has 1 heterocycles. The summed E-state index contributed by atoms with van der Waals surface area (Å²) < 4.78 is 24.9. The lowest BCUT2D eigenvalue weighted by atomic mass is 10.1. The monoisotopic (exact) mass is 398 g/mol. The van der Waals surface area contributed by atoms with Gasteiger partial charge in [0.05, 0.1) is 12.1 Å². The van der Waals surface area contributed by atoms with Crippen LogP contribution >= 0.6 is 11.8 Å². The minimum Gasteiger partial charge on any atom is -0.373 e. The van der Waals surface area contributed by atoms with Gasteiger partial charge in [0.1, 0.15) is 6.04 Å². The molecule has 0 bridgehead atoms. The first-order valence-corrected chi connectivity index (χ1v) is 9.56. The highest BCUT2D eigenvalue weighted by Gasteiger charge is 2.39. The second kappa shape index (κ2) is 7.59. The number of hydrogen-bond acceptors (Lipinski definition) is 4. The summed E-state index contributed by atoms with van der Waals surface area (Å²) in [4.78, 5) is 26.7. The van der Waals surface area contributed by atoms with Gasteiger partial charge in [-0.3, -0.25) is 9.59 Å². The number of carbonyl (C=O) groups excluding carboxylic acids is 2. The fraction of sp³-hybridized carbons (Fsp3) is 0.143. The number of imide groups is 1. The Labute approximate surface area is 164 Å². The fourth-order valence-electron chi connectivity index (χ4n) is 3.27. The molecule has 4 rings (SSSR count). The molecular formula is C21H16F2N2O2S. The number of halogens is 2. The predicted octanol–water partition coefficient (Wildman–Crippen LogP) is 4.90. The van der Waals surface area contributed by atoms with Gasteiger partial charge in [-0.05, 0) is 47.2 Å². The van der Waals surface area contributed by atoms with Gasteiger partial charge in [-0.15, -0.1) is 0 Å². The molecule has 4 nitrogen and oxygen atoms in total. The van der Waals surface area contributed by atoms with Gasteiger partial charge in [-0.25, -0.2) is 4.90 Å². The average molecular weight is 398 g/mol. The van der Waals surface area contributed by atoms with E-state index in [0.29, 0.717) is 22.3 Å². The van der Waals surface area contributed by atoms with E-state index in [1.54, 1.807) is 0 Å². The summed E-state index contributed by atoms with van der Waals surface area (Å²) in [5.74, 6) is -3.19. The van der Waals surface area contributed by atoms with Crippen molar-refractivity contribution in [3.05, 3.63) is 66.7 Å². The summed E-state index contributed by atoms with van der Waals surface area (Å²) in [6.07, 6.45) is 0.0409. The Morgan fingerprint density at radius 1 is 0.964 bits per heavy atom. The molecule has 0 aliphatic carbocycles. The number of rotatable bonds is 5. The number of nitrogens with one attached hydrogen (secondary N) is 1. The molecule has 1 N–H and O–H groups in total. The summed E-state index contributed by atoms with van der Waals surface area (Å²) in [6, 6.07) is 19.0. The molecule has 28 heavy (non-hydrogen) atoms. The van der Waals surface area contributed by atoms with E-state index in [9.17, 15) is 18.4 Å². The van der Waals surface area contributed by atoms with Gasteiger partial charge in [-0.1, -0.05) is 42.1 Å². The zero-order valence-electron chi connectivity index (χ0n) is 14.6. The van der Waals surface area contributed by atoms with E-state index in [2.05, 4.69) is 5.32 Å². The second-order valence-corrected chi connectivity index (χ2v) is 7.47. The lowest BCUT2D eigenvalue weighted by molar-refractivity contribution is -0.121. The van der Waals surface area contributed by atoms with Crippen LogP contribution in [0.5, 0.6) is 0 Å². The number of amides is 2. The molecule has 0 unspecified atom stereocenters. The van der Waals surface area contributed by atoms with E-state index < -0.39 is 11.8 Å². The van der Waals surface area contributed by atoms with Gasteiger partial charge in [0.15, 0.2) is 0 Å². The Morgan fingerprint density at radius 3 is 2.39 bits per heavy atom. The van der Waals surface area contributed by atoms with Crippen LogP contribution in [0.15, 0.2) is 71.6 Å². The van der Waals surface area contributed by atoms with Crippen LogP contribution < -0.4 is 10.2 Å². The molecule has 0 saturated carbocycles. The SMILES string of the molecule is O=C1C[C@H](Nc2ccc3ccccc3c2)C(=O)N1c1ccc(SC(F)F)cc1. The number of carbonyl (C=O) groups is 2. The number of alkyl halides is 2. The summed E-state index contributed by atoms with van der Waals surface area (Å²) >= 11 is 0.420. The van der Waals surface area contributed by atoms with Gasteiger partial charge in [0.25, 0.3) is 11.7 Å². The summed E-state index contributed by atoms with van der Waals surface area (Å²) in [7, 11) is 0. The van der Waals surface area contributed by atoms with Crippen molar-refractivity contribution in [3.8, 4) is 0 Å². The second-order valence-electron chi connectivity index (χ2n) is 6.40. The number of thioether (sulfide) groups is 1. The quantitative estimate of drug-likeness (QED) is 0.491. The first kappa shape index (κ1) is 18.4. The van der Waals surface area contributed by atoms with Gasteiger partial charge < -0.3 is 5.32 Å². The third-order valence-electron chi connectivity index (χ3n) is 4.56. The molecule has 2 amide bonds. The Bertz CT molecular complexity index is 1040. The molecule has 3 aromatic rings. The van der Waals surface area contributed by atoms with E-state index in [4.69, 9.17) is 0 Å². The Kier molecular flexibility index (Phi) is 5.00. The van der Waals surface area contributed by atoms with E-state index in [1.807, 2.05) is 42.5 Å². The van der Waals surface area contributed by atoms with Crippen molar-refractivity contribution in [2.24, 2.45) is 0 Å². The molecule has 142 valence electrons. The largest absolute Gasteiger partial charge is 0.373 e. The molecule has 0 aromatic heterocycles. The van der Waals surface area contributed by atoms with E-state index in [-0.39, 0.29) is 18.2 Å². The zero-order valence-corrected chi connectivity index (χ0v) is 15.5. The number of fused-ring (bicyclic) bond motifs is 1. The van der Waals surface area contributed by atoms with Crippen molar-refractivity contribution in [2.75, 3.05) is 10.2 Å². The molecule has 1 aliphatic rings. The van der Waals surface area contributed by atoms with Crippen LogP contribution in [0.4, 0.5) is 20.2 Å². The predicted molar refractivity (Wildman–Crippen MR) is 107 cm³/mol. The topological polar surface area (TPSA) is 49.4 Å². The molecule has 1 atom stereocenters. The van der Waals surface area contributed by atoms with Crippen LogP contribution in [0.2, 0.25) is 0 Å². The minimum absolute atomic E-state index is 0.0409. The molecule has 1 aliphatic heterocycles. The average Bonchev–Trinajstić information content (AvgIpc) is 2.95. The molecule has 1 fully saturated rings. The fourth-order valence-corrected chi connectivity index (χ4v) is 3.77. The van der Waals surface area contributed by atoms with Gasteiger partial charge in [0.2, 0.25) is 5.91 Å². The highest BCUT2D eigenvalue weighted by Crippen LogP contribution is 2.30. The van der Waals surface area contributed by atoms with Crippen molar-refractivity contribution in [3.63, 3.8) is 0 Å². The molecule has 1 saturated heterocycles. The van der Waals surface area contributed by atoms with E-state index in [0.717, 1.165) is 21.4 Å². The molecule has 0 spiro atoms. The van der Waals surface area contributed by atoms with Gasteiger partial charge in [-0.2, -0.15) is 8.78 Å².